The molecule has 2 aliphatic heterocycles. The molecular formula is C18H25N7O3. The quantitative estimate of drug-likeness (QED) is 0.546. The Morgan fingerprint density at radius 2 is 1.96 bits per heavy atom. The van der Waals surface area contributed by atoms with E-state index in [4.69, 9.17) is 4.74 Å². The van der Waals surface area contributed by atoms with Gasteiger partial charge in [0.2, 0.25) is 0 Å². The number of aromatic nitrogens is 2. The van der Waals surface area contributed by atoms with Gasteiger partial charge in [-0.1, -0.05) is 0 Å². The van der Waals surface area contributed by atoms with Crippen molar-refractivity contribution in [2.24, 2.45) is 0 Å². The molecular weight excluding hydrogens is 362 g/mol. The second-order valence-electron chi connectivity index (χ2n) is 6.96. The highest BCUT2D eigenvalue weighted by Crippen LogP contribution is 2.34. The molecule has 2 aliphatic rings. The summed E-state index contributed by atoms with van der Waals surface area (Å²) in [7, 11) is 0. The van der Waals surface area contributed by atoms with E-state index in [-0.39, 0.29) is 10.6 Å². The van der Waals surface area contributed by atoms with Gasteiger partial charge < -0.3 is 20.3 Å². The Hall–Kier alpha value is -2.56. The average molecular weight is 387 g/mol. The van der Waals surface area contributed by atoms with Gasteiger partial charge in [-0.2, -0.15) is 0 Å². The maximum Gasteiger partial charge on any atom is 0.293 e. The van der Waals surface area contributed by atoms with Crippen LogP contribution in [0.2, 0.25) is 0 Å². The molecule has 2 saturated heterocycles. The van der Waals surface area contributed by atoms with Gasteiger partial charge >= 0.3 is 0 Å². The summed E-state index contributed by atoms with van der Waals surface area (Å²) in [5, 5.41) is 19.0. The molecule has 2 N–H and O–H groups in total. The second-order valence-corrected chi connectivity index (χ2v) is 6.96. The lowest BCUT2D eigenvalue weighted by atomic mass is 10.1. The molecule has 1 aromatic carbocycles. The molecule has 0 bridgehead atoms. The summed E-state index contributed by atoms with van der Waals surface area (Å²) in [4.78, 5) is 24.4. The zero-order chi connectivity index (χ0) is 19.3. The molecule has 10 heteroatoms. The highest BCUT2D eigenvalue weighted by Gasteiger charge is 2.23. The normalized spacial score (nSPS) is 18.4. The number of nitro groups is 1. The van der Waals surface area contributed by atoms with Crippen LogP contribution in [0.5, 0.6) is 0 Å². The topological polar surface area (TPSA) is 109 Å². The molecule has 0 unspecified atom stereocenters. The van der Waals surface area contributed by atoms with Crippen molar-refractivity contribution < 1.29 is 9.66 Å². The third-order valence-corrected chi connectivity index (χ3v) is 5.21. The van der Waals surface area contributed by atoms with Crippen LogP contribution in [0, 0.1) is 10.1 Å². The molecule has 2 fully saturated rings. The molecule has 2 aromatic rings. The van der Waals surface area contributed by atoms with Gasteiger partial charge in [0.1, 0.15) is 17.8 Å². The van der Waals surface area contributed by atoms with Crippen LogP contribution in [0.1, 0.15) is 0 Å². The van der Waals surface area contributed by atoms with Crippen LogP contribution >= 0.6 is 0 Å². The Morgan fingerprint density at radius 3 is 2.71 bits per heavy atom. The van der Waals surface area contributed by atoms with Gasteiger partial charge in [-0.15, -0.1) is 0 Å². The Balaban J connectivity index is 1.57. The summed E-state index contributed by atoms with van der Waals surface area (Å²) in [6.45, 7) is 8.05. The number of benzene rings is 1. The lowest BCUT2D eigenvalue weighted by Crippen LogP contribution is -2.43. The van der Waals surface area contributed by atoms with E-state index in [0.29, 0.717) is 29.0 Å². The van der Waals surface area contributed by atoms with E-state index in [2.05, 4.69) is 25.5 Å². The van der Waals surface area contributed by atoms with Gasteiger partial charge in [0.05, 0.1) is 23.7 Å². The molecule has 4 rings (SSSR count). The number of hydrogen-bond donors (Lipinski definition) is 2. The number of nitrogens with zero attached hydrogens (tertiary/aromatic N) is 5. The SMILES string of the molecule is O=[N+]([O-])c1cc2c(NCCN3CCOCC3)ncnc2cc1N1CCNCC1. The first-order valence-electron chi connectivity index (χ1n) is 9.65. The fourth-order valence-corrected chi connectivity index (χ4v) is 3.68. The first-order chi connectivity index (χ1) is 13.7. The van der Waals surface area contributed by atoms with E-state index in [1.807, 2.05) is 11.0 Å². The Kier molecular flexibility index (Phi) is 5.79. The molecule has 0 spiro atoms. The minimum Gasteiger partial charge on any atom is -0.379 e. The number of fused-ring (bicyclic) bond motifs is 1. The van der Waals surface area contributed by atoms with Crippen molar-refractivity contribution in [2.75, 3.05) is 75.8 Å². The number of hydrogen-bond acceptors (Lipinski definition) is 9. The Labute approximate surface area is 163 Å². The number of anilines is 2. The van der Waals surface area contributed by atoms with Crippen molar-refractivity contribution in [3.8, 4) is 0 Å². The van der Waals surface area contributed by atoms with Crippen LogP contribution in [-0.2, 0) is 4.74 Å². The molecule has 10 nitrogen and oxygen atoms in total. The van der Waals surface area contributed by atoms with E-state index >= 15 is 0 Å². The van der Waals surface area contributed by atoms with Crippen molar-refractivity contribution in [3.05, 3.63) is 28.6 Å². The number of morpholine rings is 1. The average Bonchev–Trinajstić information content (AvgIpc) is 2.74. The van der Waals surface area contributed by atoms with Gasteiger partial charge in [0.15, 0.2) is 0 Å². The van der Waals surface area contributed by atoms with Crippen molar-refractivity contribution in [2.45, 2.75) is 0 Å². The summed E-state index contributed by atoms with van der Waals surface area (Å²) in [5.74, 6) is 0.633. The molecule has 0 amide bonds. The fourth-order valence-electron chi connectivity index (χ4n) is 3.68. The summed E-state index contributed by atoms with van der Waals surface area (Å²) in [6.07, 6.45) is 1.51. The van der Waals surface area contributed by atoms with Crippen LogP contribution in [0.3, 0.4) is 0 Å². The van der Waals surface area contributed by atoms with E-state index < -0.39 is 0 Å². The molecule has 28 heavy (non-hydrogen) atoms. The van der Waals surface area contributed by atoms with Crippen LogP contribution in [0.25, 0.3) is 10.9 Å². The van der Waals surface area contributed by atoms with Gasteiger partial charge in [0, 0.05) is 63.8 Å². The van der Waals surface area contributed by atoms with Crippen LogP contribution in [0.4, 0.5) is 17.2 Å². The van der Waals surface area contributed by atoms with E-state index in [9.17, 15) is 10.1 Å². The molecule has 0 atom stereocenters. The molecule has 3 heterocycles. The predicted molar refractivity (Wildman–Crippen MR) is 107 cm³/mol. The molecule has 0 saturated carbocycles. The van der Waals surface area contributed by atoms with Crippen LogP contribution < -0.4 is 15.5 Å². The number of nitro benzene ring substituents is 1. The summed E-state index contributed by atoms with van der Waals surface area (Å²) in [6, 6.07) is 3.41. The van der Waals surface area contributed by atoms with E-state index in [1.54, 1.807) is 6.07 Å². The second kappa shape index (κ2) is 8.63. The lowest BCUT2D eigenvalue weighted by Gasteiger charge is -2.29. The first-order valence-corrected chi connectivity index (χ1v) is 9.65. The van der Waals surface area contributed by atoms with Gasteiger partial charge in [0.25, 0.3) is 5.69 Å². The summed E-state index contributed by atoms with van der Waals surface area (Å²) < 4.78 is 5.36. The highest BCUT2D eigenvalue weighted by molar-refractivity contribution is 5.94. The molecule has 150 valence electrons. The van der Waals surface area contributed by atoms with Crippen molar-refractivity contribution in [1.82, 2.24) is 20.2 Å². The van der Waals surface area contributed by atoms with Crippen molar-refractivity contribution >= 4 is 28.1 Å². The van der Waals surface area contributed by atoms with Crippen LogP contribution in [0.15, 0.2) is 18.5 Å². The minimum absolute atomic E-state index is 0.0976. The van der Waals surface area contributed by atoms with E-state index in [1.165, 1.54) is 6.33 Å². The maximum absolute atomic E-state index is 11.7. The Bertz CT molecular complexity index is 835. The molecule has 0 radical (unpaired) electrons. The maximum atomic E-state index is 11.7. The largest absolute Gasteiger partial charge is 0.379 e. The minimum atomic E-state index is -0.318. The monoisotopic (exact) mass is 387 g/mol. The highest BCUT2D eigenvalue weighted by atomic mass is 16.6. The standard InChI is InChI=1S/C18H25N7O3/c26-25(27)17-11-14-15(12-16(17)24-5-1-19-2-6-24)21-13-22-18(14)20-3-4-23-7-9-28-10-8-23/h11-13,19H,1-10H2,(H,20,21,22). The van der Waals surface area contributed by atoms with Gasteiger partial charge in [-0.3, -0.25) is 15.0 Å². The van der Waals surface area contributed by atoms with Gasteiger partial charge in [-0.05, 0) is 6.07 Å². The number of ether oxygens (including phenoxy) is 1. The fraction of sp³-hybridized carbons (Fsp3) is 0.556. The van der Waals surface area contributed by atoms with E-state index in [0.717, 1.165) is 59.0 Å². The molecule has 0 aliphatic carbocycles. The smallest absolute Gasteiger partial charge is 0.293 e. The third-order valence-electron chi connectivity index (χ3n) is 5.21. The van der Waals surface area contributed by atoms with Crippen molar-refractivity contribution in [1.29, 1.82) is 0 Å². The first kappa shape index (κ1) is 18.8. The van der Waals surface area contributed by atoms with Gasteiger partial charge in [-0.25, -0.2) is 9.97 Å². The number of nitrogens with one attached hydrogen (secondary N) is 2. The number of rotatable bonds is 6. The van der Waals surface area contributed by atoms with Crippen molar-refractivity contribution in [3.63, 3.8) is 0 Å². The Morgan fingerprint density at radius 1 is 1.18 bits per heavy atom. The molecule has 1 aromatic heterocycles. The lowest BCUT2D eigenvalue weighted by molar-refractivity contribution is -0.384. The zero-order valence-electron chi connectivity index (χ0n) is 15.8. The van der Waals surface area contributed by atoms with Crippen LogP contribution in [-0.4, -0.2) is 85.4 Å². The summed E-state index contributed by atoms with van der Waals surface area (Å²) >= 11 is 0. The third kappa shape index (κ3) is 4.13. The zero-order valence-corrected chi connectivity index (χ0v) is 15.8. The predicted octanol–water partition coefficient (Wildman–Crippen LogP) is 0.692. The number of piperazine rings is 1. The summed E-state index contributed by atoms with van der Waals surface area (Å²) in [5.41, 5.74) is 1.43.